The predicted molar refractivity (Wildman–Crippen MR) is 77.0 cm³/mol. The molecule has 0 aromatic heterocycles. The summed E-state index contributed by atoms with van der Waals surface area (Å²) in [7, 11) is 1.72. The molecule has 0 fully saturated rings. The minimum Gasteiger partial charge on any atom is -0.497 e. The van der Waals surface area contributed by atoms with E-state index in [2.05, 4.69) is 36.4 Å². The van der Waals surface area contributed by atoms with Gasteiger partial charge in [0.2, 0.25) is 0 Å². The van der Waals surface area contributed by atoms with E-state index in [0.29, 0.717) is 0 Å². The monoisotopic (exact) mass is 244 g/mol. The highest BCUT2D eigenvalue weighted by molar-refractivity contribution is 5.27. The fraction of sp³-hybridized carbons (Fsp3) is 0.529. The Balaban J connectivity index is 1.80. The molecular formula is C17H24O. The quantitative estimate of drug-likeness (QED) is 0.694. The molecule has 0 heterocycles. The average molecular weight is 244 g/mol. The van der Waals surface area contributed by atoms with Crippen LogP contribution < -0.4 is 4.74 Å². The maximum Gasteiger partial charge on any atom is 0.118 e. The zero-order valence-electron chi connectivity index (χ0n) is 11.4. The van der Waals surface area contributed by atoms with Crippen molar-refractivity contribution in [2.24, 2.45) is 5.92 Å². The Morgan fingerprint density at radius 3 is 2.61 bits per heavy atom. The first-order valence-electron chi connectivity index (χ1n) is 7.16. The van der Waals surface area contributed by atoms with E-state index >= 15 is 0 Å². The lowest BCUT2D eigenvalue weighted by Crippen LogP contribution is -2.03. The van der Waals surface area contributed by atoms with E-state index in [1.807, 2.05) is 0 Å². The van der Waals surface area contributed by atoms with Crippen molar-refractivity contribution >= 4 is 0 Å². The van der Waals surface area contributed by atoms with Crippen LogP contribution in [0, 0.1) is 5.92 Å². The van der Waals surface area contributed by atoms with Crippen LogP contribution in [0.5, 0.6) is 5.75 Å². The standard InChI is InChI=1S/C17H24O/c1-18-17-13-11-16(12-14-17)10-9-15-7-5-3-2-4-6-8-15/h2-3,11-15H,4-10H2,1H3/b3-2-. The van der Waals surface area contributed by atoms with Gasteiger partial charge >= 0.3 is 0 Å². The lowest BCUT2D eigenvalue weighted by atomic mass is 9.89. The molecule has 0 radical (unpaired) electrons. The highest BCUT2D eigenvalue weighted by atomic mass is 16.5. The van der Waals surface area contributed by atoms with Gasteiger partial charge in [0.15, 0.2) is 0 Å². The van der Waals surface area contributed by atoms with Gasteiger partial charge in [-0.2, -0.15) is 0 Å². The maximum absolute atomic E-state index is 5.19. The number of hydrogen-bond donors (Lipinski definition) is 0. The van der Waals surface area contributed by atoms with Gasteiger partial charge in [-0.15, -0.1) is 0 Å². The summed E-state index contributed by atoms with van der Waals surface area (Å²) in [5.74, 6) is 1.87. The number of aryl methyl sites for hydroxylation is 1. The van der Waals surface area contributed by atoms with Crippen LogP contribution in [-0.2, 0) is 6.42 Å². The van der Waals surface area contributed by atoms with Crippen molar-refractivity contribution in [1.82, 2.24) is 0 Å². The molecule has 1 aliphatic rings. The Morgan fingerprint density at radius 2 is 1.83 bits per heavy atom. The van der Waals surface area contributed by atoms with Crippen LogP contribution in [0.1, 0.15) is 44.1 Å². The normalized spacial score (nSPS) is 21.9. The topological polar surface area (TPSA) is 9.23 Å². The minimum atomic E-state index is 0.914. The van der Waals surface area contributed by atoms with Gasteiger partial charge in [-0.1, -0.05) is 30.7 Å². The van der Waals surface area contributed by atoms with Crippen LogP contribution >= 0.6 is 0 Å². The van der Waals surface area contributed by atoms with E-state index in [1.165, 1.54) is 50.5 Å². The Kier molecular flexibility index (Phi) is 5.32. The van der Waals surface area contributed by atoms with Crippen molar-refractivity contribution in [2.45, 2.75) is 44.9 Å². The van der Waals surface area contributed by atoms with Gasteiger partial charge in [0.1, 0.15) is 5.75 Å². The molecule has 98 valence electrons. The molecule has 18 heavy (non-hydrogen) atoms. The molecule has 1 aliphatic carbocycles. The minimum absolute atomic E-state index is 0.914. The zero-order valence-corrected chi connectivity index (χ0v) is 11.4. The summed E-state index contributed by atoms with van der Waals surface area (Å²) in [4.78, 5) is 0. The summed E-state index contributed by atoms with van der Waals surface area (Å²) in [5.41, 5.74) is 1.44. The molecule has 1 nitrogen and oxygen atoms in total. The third-order valence-electron chi connectivity index (χ3n) is 3.89. The van der Waals surface area contributed by atoms with Gasteiger partial charge in [-0.05, 0) is 62.1 Å². The van der Waals surface area contributed by atoms with Gasteiger partial charge in [-0.25, -0.2) is 0 Å². The number of rotatable bonds is 4. The predicted octanol–water partition coefficient (Wildman–Crippen LogP) is 4.76. The van der Waals surface area contributed by atoms with Crippen molar-refractivity contribution in [3.63, 3.8) is 0 Å². The lowest BCUT2D eigenvalue weighted by Gasteiger charge is -2.17. The maximum atomic E-state index is 5.19. The van der Waals surface area contributed by atoms with E-state index in [9.17, 15) is 0 Å². The van der Waals surface area contributed by atoms with E-state index in [4.69, 9.17) is 4.74 Å². The van der Waals surface area contributed by atoms with Crippen LogP contribution in [0.15, 0.2) is 36.4 Å². The van der Waals surface area contributed by atoms with Crippen molar-refractivity contribution in [1.29, 1.82) is 0 Å². The first kappa shape index (κ1) is 13.2. The number of ether oxygens (including phenoxy) is 1. The van der Waals surface area contributed by atoms with Crippen LogP contribution in [0.2, 0.25) is 0 Å². The molecule has 1 aromatic rings. The number of allylic oxidation sites excluding steroid dienone is 2. The smallest absolute Gasteiger partial charge is 0.118 e. The number of hydrogen-bond acceptors (Lipinski definition) is 1. The molecule has 0 N–H and O–H groups in total. The average Bonchev–Trinajstić information content (AvgIpc) is 2.38. The second kappa shape index (κ2) is 7.25. The molecule has 0 spiro atoms. The third kappa shape index (κ3) is 4.21. The van der Waals surface area contributed by atoms with Gasteiger partial charge in [0.25, 0.3) is 0 Å². The Labute approximate surface area is 111 Å². The highest BCUT2D eigenvalue weighted by Crippen LogP contribution is 2.24. The van der Waals surface area contributed by atoms with Crippen molar-refractivity contribution < 1.29 is 4.74 Å². The van der Waals surface area contributed by atoms with Gasteiger partial charge < -0.3 is 4.74 Å². The fourth-order valence-electron chi connectivity index (χ4n) is 2.69. The van der Waals surface area contributed by atoms with Gasteiger partial charge in [0.05, 0.1) is 7.11 Å². The SMILES string of the molecule is COc1ccc(CCC2CC/C=C\CCC2)cc1. The number of methoxy groups -OCH3 is 1. The molecule has 0 saturated carbocycles. The third-order valence-corrected chi connectivity index (χ3v) is 3.89. The van der Waals surface area contributed by atoms with Crippen molar-refractivity contribution in [3.05, 3.63) is 42.0 Å². The summed E-state index contributed by atoms with van der Waals surface area (Å²) in [5, 5.41) is 0. The second-order valence-electron chi connectivity index (χ2n) is 5.23. The van der Waals surface area contributed by atoms with Crippen LogP contribution in [0.4, 0.5) is 0 Å². The van der Waals surface area contributed by atoms with E-state index < -0.39 is 0 Å². The second-order valence-corrected chi connectivity index (χ2v) is 5.23. The summed E-state index contributed by atoms with van der Waals surface area (Å²) < 4.78 is 5.19. The Hall–Kier alpha value is -1.24. The molecule has 1 aromatic carbocycles. The first-order chi connectivity index (χ1) is 8.88. The van der Waals surface area contributed by atoms with Crippen LogP contribution in [-0.4, -0.2) is 7.11 Å². The summed E-state index contributed by atoms with van der Waals surface area (Å²) in [6.07, 6.45) is 13.9. The molecule has 1 unspecified atom stereocenters. The molecule has 1 heteroatoms. The van der Waals surface area contributed by atoms with Crippen molar-refractivity contribution in [3.8, 4) is 5.75 Å². The lowest BCUT2D eigenvalue weighted by molar-refractivity contribution is 0.406. The molecule has 0 bridgehead atoms. The molecule has 2 rings (SSSR count). The Morgan fingerprint density at radius 1 is 1.06 bits per heavy atom. The van der Waals surface area contributed by atoms with E-state index in [1.54, 1.807) is 7.11 Å². The zero-order chi connectivity index (χ0) is 12.6. The van der Waals surface area contributed by atoms with Gasteiger partial charge in [0, 0.05) is 0 Å². The summed E-state index contributed by atoms with van der Waals surface area (Å²) >= 11 is 0. The van der Waals surface area contributed by atoms with Gasteiger partial charge in [-0.3, -0.25) is 0 Å². The fourth-order valence-corrected chi connectivity index (χ4v) is 2.69. The van der Waals surface area contributed by atoms with E-state index in [0.717, 1.165) is 11.7 Å². The van der Waals surface area contributed by atoms with E-state index in [-0.39, 0.29) is 0 Å². The first-order valence-corrected chi connectivity index (χ1v) is 7.16. The van der Waals surface area contributed by atoms with Crippen LogP contribution in [0.25, 0.3) is 0 Å². The molecular weight excluding hydrogens is 220 g/mol. The molecule has 1 atom stereocenters. The molecule has 0 saturated heterocycles. The number of benzene rings is 1. The molecule has 0 amide bonds. The molecule has 0 aliphatic heterocycles. The summed E-state index contributed by atoms with van der Waals surface area (Å²) in [6, 6.07) is 8.52. The largest absolute Gasteiger partial charge is 0.497 e. The highest BCUT2D eigenvalue weighted by Gasteiger charge is 2.09. The Bertz CT molecular complexity index is 364. The van der Waals surface area contributed by atoms with Crippen LogP contribution in [0.3, 0.4) is 0 Å². The summed E-state index contributed by atoms with van der Waals surface area (Å²) in [6.45, 7) is 0. The van der Waals surface area contributed by atoms with Crippen molar-refractivity contribution in [2.75, 3.05) is 7.11 Å².